The Kier molecular flexibility index (Phi) is 7.18. The van der Waals surface area contributed by atoms with E-state index < -0.39 is 0 Å². The summed E-state index contributed by atoms with van der Waals surface area (Å²) in [5.74, 6) is -0.155. The minimum atomic E-state index is -0.220. The lowest BCUT2D eigenvalue weighted by atomic mass is 9.95. The van der Waals surface area contributed by atoms with Crippen LogP contribution in [-0.2, 0) is 17.8 Å². The second kappa shape index (κ2) is 9.36. The molecule has 6 heteroatoms. The van der Waals surface area contributed by atoms with Crippen LogP contribution < -0.4 is 16.0 Å². The molecule has 0 spiro atoms. The van der Waals surface area contributed by atoms with Crippen molar-refractivity contribution in [2.45, 2.75) is 25.9 Å². The maximum absolute atomic E-state index is 12.3. The first-order valence-corrected chi connectivity index (χ1v) is 8.56. The summed E-state index contributed by atoms with van der Waals surface area (Å²) in [5, 5.41) is 8.96. The zero-order valence-corrected chi connectivity index (χ0v) is 15.6. The van der Waals surface area contributed by atoms with Crippen LogP contribution in [0.5, 0.6) is 0 Å². The van der Waals surface area contributed by atoms with Gasteiger partial charge in [-0.3, -0.25) is 9.59 Å². The lowest BCUT2D eigenvalue weighted by Crippen LogP contribution is -2.49. The summed E-state index contributed by atoms with van der Waals surface area (Å²) >= 11 is 0. The highest BCUT2D eigenvalue weighted by Gasteiger charge is 2.23. The molecule has 2 aromatic carbocycles. The minimum absolute atomic E-state index is 0. The Labute approximate surface area is 160 Å². The summed E-state index contributed by atoms with van der Waals surface area (Å²) in [5.41, 5.74) is 4.21. The predicted molar refractivity (Wildman–Crippen MR) is 105 cm³/mol. The molecule has 3 rings (SSSR count). The highest BCUT2D eigenvalue weighted by atomic mass is 35.5. The van der Waals surface area contributed by atoms with Crippen molar-refractivity contribution < 1.29 is 9.59 Å². The SMILES string of the molecule is Cc1ccc(C(=O)NCCNC(=O)C2Cc3ccccc3CN2)cc1.Cl. The molecule has 0 saturated heterocycles. The molecule has 2 aromatic rings. The molecule has 1 heterocycles. The van der Waals surface area contributed by atoms with Gasteiger partial charge < -0.3 is 16.0 Å². The Morgan fingerprint density at radius 2 is 1.65 bits per heavy atom. The molecule has 0 aliphatic carbocycles. The van der Waals surface area contributed by atoms with Gasteiger partial charge in [-0.15, -0.1) is 12.4 Å². The van der Waals surface area contributed by atoms with Crippen molar-refractivity contribution in [3.8, 4) is 0 Å². The van der Waals surface area contributed by atoms with E-state index in [4.69, 9.17) is 0 Å². The third kappa shape index (κ3) is 5.07. The maximum atomic E-state index is 12.3. The normalized spacial score (nSPS) is 15.3. The second-order valence-corrected chi connectivity index (χ2v) is 6.32. The first kappa shape index (κ1) is 19.9. The van der Waals surface area contributed by atoms with Gasteiger partial charge in [0.1, 0.15) is 0 Å². The molecule has 1 unspecified atom stereocenters. The Bertz CT molecular complexity index is 762. The fraction of sp³-hybridized carbons (Fsp3) is 0.300. The smallest absolute Gasteiger partial charge is 0.251 e. The van der Waals surface area contributed by atoms with E-state index in [-0.39, 0.29) is 30.3 Å². The number of hydrogen-bond donors (Lipinski definition) is 3. The second-order valence-electron chi connectivity index (χ2n) is 6.32. The highest BCUT2D eigenvalue weighted by Crippen LogP contribution is 2.16. The lowest BCUT2D eigenvalue weighted by molar-refractivity contribution is -0.123. The number of amides is 2. The molecule has 1 atom stereocenters. The molecule has 0 bridgehead atoms. The molecular weight excluding hydrogens is 350 g/mol. The molecule has 0 saturated carbocycles. The summed E-state index contributed by atoms with van der Waals surface area (Å²) in [7, 11) is 0. The summed E-state index contributed by atoms with van der Waals surface area (Å²) in [6.45, 7) is 3.51. The molecule has 0 radical (unpaired) electrons. The van der Waals surface area contributed by atoms with Crippen LogP contribution in [-0.4, -0.2) is 30.9 Å². The van der Waals surface area contributed by atoms with E-state index in [2.05, 4.69) is 28.1 Å². The first-order valence-electron chi connectivity index (χ1n) is 8.56. The third-order valence-electron chi connectivity index (χ3n) is 4.42. The Hall–Kier alpha value is -2.37. The van der Waals surface area contributed by atoms with Crippen molar-refractivity contribution in [1.29, 1.82) is 0 Å². The summed E-state index contributed by atoms with van der Waals surface area (Å²) in [6.07, 6.45) is 0.692. The summed E-state index contributed by atoms with van der Waals surface area (Å²) in [6, 6.07) is 15.3. The van der Waals surface area contributed by atoms with Gasteiger partial charge in [-0.2, -0.15) is 0 Å². The fourth-order valence-corrected chi connectivity index (χ4v) is 2.93. The monoisotopic (exact) mass is 373 g/mol. The number of carbonyl (C=O) groups is 2. The molecule has 138 valence electrons. The fourth-order valence-electron chi connectivity index (χ4n) is 2.93. The molecule has 1 aliphatic rings. The van der Waals surface area contributed by atoms with Gasteiger partial charge >= 0.3 is 0 Å². The quantitative estimate of drug-likeness (QED) is 0.702. The van der Waals surface area contributed by atoms with E-state index in [1.54, 1.807) is 12.1 Å². The van der Waals surface area contributed by atoms with Crippen molar-refractivity contribution in [3.63, 3.8) is 0 Å². The van der Waals surface area contributed by atoms with Crippen LogP contribution in [0.4, 0.5) is 0 Å². The number of fused-ring (bicyclic) bond motifs is 1. The van der Waals surface area contributed by atoms with Gasteiger partial charge in [0.2, 0.25) is 5.91 Å². The highest BCUT2D eigenvalue weighted by molar-refractivity contribution is 5.94. The van der Waals surface area contributed by atoms with E-state index in [0.717, 1.165) is 5.56 Å². The Balaban J connectivity index is 0.00000243. The Morgan fingerprint density at radius 3 is 2.38 bits per heavy atom. The molecule has 0 fully saturated rings. The average Bonchev–Trinajstić information content (AvgIpc) is 2.65. The number of halogens is 1. The van der Waals surface area contributed by atoms with Gasteiger partial charge in [0, 0.05) is 25.2 Å². The van der Waals surface area contributed by atoms with Crippen LogP contribution >= 0.6 is 12.4 Å². The number of carbonyl (C=O) groups excluding carboxylic acids is 2. The van der Waals surface area contributed by atoms with Crippen LogP contribution in [0.1, 0.15) is 27.0 Å². The average molecular weight is 374 g/mol. The molecule has 1 aliphatic heterocycles. The number of hydrogen-bond acceptors (Lipinski definition) is 3. The van der Waals surface area contributed by atoms with E-state index in [9.17, 15) is 9.59 Å². The number of aryl methyl sites for hydroxylation is 1. The molecule has 3 N–H and O–H groups in total. The zero-order chi connectivity index (χ0) is 17.6. The molecule has 5 nitrogen and oxygen atoms in total. The zero-order valence-electron chi connectivity index (χ0n) is 14.7. The van der Waals surface area contributed by atoms with E-state index >= 15 is 0 Å². The molecule has 26 heavy (non-hydrogen) atoms. The minimum Gasteiger partial charge on any atom is -0.353 e. The largest absolute Gasteiger partial charge is 0.353 e. The van der Waals surface area contributed by atoms with Crippen molar-refractivity contribution in [1.82, 2.24) is 16.0 Å². The number of nitrogens with one attached hydrogen (secondary N) is 3. The van der Waals surface area contributed by atoms with Gasteiger partial charge in [-0.25, -0.2) is 0 Å². The van der Waals surface area contributed by atoms with Crippen LogP contribution in [0.3, 0.4) is 0 Å². The van der Waals surface area contributed by atoms with Gasteiger partial charge in [0.25, 0.3) is 5.91 Å². The molecule has 2 amide bonds. The van der Waals surface area contributed by atoms with E-state index in [0.29, 0.717) is 31.6 Å². The maximum Gasteiger partial charge on any atom is 0.251 e. The van der Waals surface area contributed by atoms with E-state index in [1.807, 2.05) is 31.2 Å². The Morgan fingerprint density at radius 1 is 1.00 bits per heavy atom. The van der Waals surface area contributed by atoms with Crippen LogP contribution in [0, 0.1) is 6.92 Å². The summed E-state index contributed by atoms with van der Waals surface area (Å²) in [4.78, 5) is 24.3. The van der Waals surface area contributed by atoms with Crippen molar-refractivity contribution >= 4 is 24.2 Å². The third-order valence-corrected chi connectivity index (χ3v) is 4.42. The van der Waals surface area contributed by atoms with Crippen LogP contribution in [0.25, 0.3) is 0 Å². The van der Waals surface area contributed by atoms with E-state index in [1.165, 1.54) is 11.1 Å². The van der Waals surface area contributed by atoms with Gasteiger partial charge in [0.15, 0.2) is 0 Å². The molecular formula is C20H24ClN3O2. The van der Waals surface area contributed by atoms with Gasteiger partial charge in [-0.1, -0.05) is 42.0 Å². The topological polar surface area (TPSA) is 70.2 Å². The van der Waals surface area contributed by atoms with Crippen molar-refractivity contribution in [2.24, 2.45) is 0 Å². The van der Waals surface area contributed by atoms with Crippen LogP contribution in [0.2, 0.25) is 0 Å². The molecule has 0 aromatic heterocycles. The van der Waals surface area contributed by atoms with Crippen LogP contribution in [0.15, 0.2) is 48.5 Å². The number of benzene rings is 2. The summed E-state index contributed by atoms with van der Waals surface area (Å²) < 4.78 is 0. The predicted octanol–water partition coefficient (Wildman–Crippen LogP) is 1.98. The number of rotatable bonds is 5. The van der Waals surface area contributed by atoms with Crippen molar-refractivity contribution in [2.75, 3.05) is 13.1 Å². The standard InChI is InChI=1S/C20H23N3O2.ClH/c1-14-6-8-15(9-7-14)19(24)21-10-11-22-20(25)18-12-16-4-2-3-5-17(16)13-23-18;/h2-9,18,23H,10-13H2,1H3,(H,21,24)(H,22,25);1H. The van der Waals surface area contributed by atoms with Gasteiger partial charge in [-0.05, 0) is 36.6 Å². The van der Waals surface area contributed by atoms with Crippen molar-refractivity contribution in [3.05, 3.63) is 70.8 Å². The lowest BCUT2D eigenvalue weighted by Gasteiger charge is -2.25. The first-order chi connectivity index (χ1) is 12.1. The van der Waals surface area contributed by atoms with Gasteiger partial charge in [0.05, 0.1) is 6.04 Å².